The number of anilines is 1. The summed E-state index contributed by atoms with van der Waals surface area (Å²) >= 11 is 0. The van der Waals surface area contributed by atoms with Crippen LogP contribution in [0.2, 0.25) is 0 Å². The van der Waals surface area contributed by atoms with Crippen molar-refractivity contribution in [2.75, 3.05) is 18.0 Å². The zero-order valence-electron chi connectivity index (χ0n) is 14.0. The summed E-state index contributed by atoms with van der Waals surface area (Å²) in [6, 6.07) is 7.72. The number of carbonyl (C=O) groups excluding carboxylic acids is 2. The second kappa shape index (κ2) is 6.95. The summed E-state index contributed by atoms with van der Waals surface area (Å²) in [5.74, 6) is 0.402. The summed E-state index contributed by atoms with van der Waals surface area (Å²) in [7, 11) is 0. The van der Waals surface area contributed by atoms with Crippen molar-refractivity contribution in [2.45, 2.75) is 46.6 Å². The average Bonchev–Trinajstić information content (AvgIpc) is 2.49. The molecule has 0 spiro atoms. The van der Waals surface area contributed by atoms with Gasteiger partial charge in [-0.3, -0.25) is 9.59 Å². The van der Waals surface area contributed by atoms with Crippen LogP contribution in [-0.2, 0) is 16.0 Å². The molecule has 22 heavy (non-hydrogen) atoms. The highest BCUT2D eigenvalue weighted by atomic mass is 16.2. The van der Waals surface area contributed by atoms with Gasteiger partial charge in [-0.15, -0.1) is 0 Å². The van der Waals surface area contributed by atoms with Crippen LogP contribution in [0.3, 0.4) is 0 Å². The fraction of sp³-hybridized carbons (Fsp3) is 0.556. The normalized spacial score (nSPS) is 19.0. The zero-order chi connectivity index (χ0) is 16.3. The third-order valence-corrected chi connectivity index (χ3v) is 4.21. The number of hydrogen-bond donors (Lipinski definition) is 0. The SMILES string of the molecule is CCc1ccc(N2CCN(C(=O)CC(C)C)C(C)C2=O)cc1. The molecular formula is C18H26N2O2. The van der Waals surface area contributed by atoms with Crippen LogP contribution >= 0.6 is 0 Å². The van der Waals surface area contributed by atoms with Crippen LogP contribution < -0.4 is 4.90 Å². The summed E-state index contributed by atoms with van der Waals surface area (Å²) in [4.78, 5) is 28.4. The molecule has 0 saturated carbocycles. The summed E-state index contributed by atoms with van der Waals surface area (Å²) in [5.41, 5.74) is 2.18. The molecular weight excluding hydrogens is 276 g/mol. The van der Waals surface area contributed by atoms with Gasteiger partial charge in [-0.1, -0.05) is 32.9 Å². The largest absolute Gasteiger partial charge is 0.329 e. The molecule has 4 nitrogen and oxygen atoms in total. The number of benzene rings is 1. The molecule has 0 aliphatic carbocycles. The van der Waals surface area contributed by atoms with E-state index in [9.17, 15) is 9.59 Å². The maximum Gasteiger partial charge on any atom is 0.249 e. The molecule has 0 bridgehead atoms. The predicted octanol–water partition coefficient (Wildman–Crippen LogP) is 2.86. The van der Waals surface area contributed by atoms with Crippen LogP contribution in [-0.4, -0.2) is 35.8 Å². The molecule has 2 rings (SSSR count). The summed E-state index contributed by atoms with van der Waals surface area (Å²) in [6.07, 6.45) is 1.49. The fourth-order valence-corrected chi connectivity index (χ4v) is 2.85. The Bertz CT molecular complexity index is 537. The van der Waals surface area contributed by atoms with Gasteiger partial charge in [-0.05, 0) is 37.0 Å². The smallest absolute Gasteiger partial charge is 0.249 e. The minimum absolute atomic E-state index is 0.00704. The fourth-order valence-electron chi connectivity index (χ4n) is 2.85. The van der Waals surface area contributed by atoms with Gasteiger partial charge in [-0.25, -0.2) is 0 Å². The van der Waals surface area contributed by atoms with Gasteiger partial charge in [-0.2, -0.15) is 0 Å². The third-order valence-electron chi connectivity index (χ3n) is 4.21. The van der Waals surface area contributed by atoms with Crippen LogP contribution in [0.25, 0.3) is 0 Å². The Balaban J connectivity index is 2.09. The molecule has 120 valence electrons. The minimum Gasteiger partial charge on any atom is -0.329 e. The number of carbonyl (C=O) groups is 2. The second-order valence-electron chi connectivity index (χ2n) is 6.37. The van der Waals surface area contributed by atoms with Crippen molar-refractivity contribution >= 4 is 17.5 Å². The van der Waals surface area contributed by atoms with Gasteiger partial charge >= 0.3 is 0 Å². The number of piperazine rings is 1. The standard InChI is InChI=1S/C18H26N2O2/c1-5-15-6-8-16(9-7-15)20-11-10-19(14(4)18(20)22)17(21)12-13(2)3/h6-9,13-14H,5,10-12H2,1-4H3. The topological polar surface area (TPSA) is 40.6 Å². The monoisotopic (exact) mass is 302 g/mol. The molecule has 0 N–H and O–H groups in total. The van der Waals surface area contributed by atoms with E-state index in [-0.39, 0.29) is 17.9 Å². The van der Waals surface area contributed by atoms with E-state index in [0.717, 1.165) is 12.1 Å². The lowest BCUT2D eigenvalue weighted by Crippen LogP contribution is -2.57. The molecule has 1 unspecified atom stereocenters. The Morgan fingerprint density at radius 1 is 1.23 bits per heavy atom. The predicted molar refractivity (Wildman–Crippen MR) is 88.8 cm³/mol. The average molecular weight is 302 g/mol. The van der Waals surface area contributed by atoms with E-state index in [2.05, 4.69) is 19.1 Å². The van der Waals surface area contributed by atoms with Crippen LogP contribution in [0.4, 0.5) is 5.69 Å². The third kappa shape index (κ3) is 3.49. The molecule has 0 radical (unpaired) electrons. The van der Waals surface area contributed by atoms with Crippen molar-refractivity contribution in [3.63, 3.8) is 0 Å². The Hall–Kier alpha value is -1.84. The first-order valence-electron chi connectivity index (χ1n) is 8.13. The van der Waals surface area contributed by atoms with Crippen molar-refractivity contribution in [1.29, 1.82) is 0 Å². The molecule has 1 aliphatic heterocycles. The Labute approximate surface area is 133 Å². The van der Waals surface area contributed by atoms with Crippen LogP contribution in [0.1, 0.15) is 39.7 Å². The molecule has 1 fully saturated rings. The van der Waals surface area contributed by atoms with Gasteiger partial charge < -0.3 is 9.80 Å². The highest BCUT2D eigenvalue weighted by molar-refractivity contribution is 6.00. The van der Waals surface area contributed by atoms with Crippen molar-refractivity contribution in [1.82, 2.24) is 4.90 Å². The maximum absolute atomic E-state index is 12.6. The molecule has 1 atom stereocenters. The van der Waals surface area contributed by atoms with Crippen molar-refractivity contribution < 1.29 is 9.59 Å². The van der Waals surface area contributed by atoms with Crippen molar-refractivity contribution in [2.24, 2.45) is 5.92 Å². The molecule has 1 aliphatic rings. The lowest BCUT2D eigenvalue weighted by molar-refractivity contribution is -0.141. The van der Waals surface area contributed by atoms with E-state index in [1.54, 1.807) is 9.80 Å². The van der Waals surface area contributed by atoms with Crippen LogP contribution in [0.15, 0.2) is 24.3 Å². The van der Waals surface area contributed by atoms with E-state index in [4.69, 9.17) is 0 Å². The summed E-state index contributed by atoms with van der Waals surface area (Å²) in [5, 5.41) is 0. The highest BCUT2D eigenvalue weighted by Gasteiger charge is 2.34. The number of amides is 2. The van der Waals surface area contributed by atoms with Gasteiger partial charge in [0.1, 0.15) is 6.04 Å². The first kappa shape index (κ1) is 16.5. The number of nitrogens with zero attached hydrogens (tertiary/aromatic N) is 2. The summed E-state index contributed by atoms with van der Waals surface area (Å²) in [6.45, 7) is 9.16. The molecule has 1 saturated heterocycles. The summed E-state index contributed by atoms with van der Waals surface area (Å²) < 4.78 is 0. The molecule has 4 heteroatoms. The quantitative estimate of drug-likeness (QED) is 0.858. The van der Waals surface area contributed by atoms with Gasteiger partial charge in [0.2, 0.25) is 11.8 Å². The van der Waals surface area contributed by atoms with Gasteiger partial charge in [0.25, 0.3) is 0 Å². The first-order valence-corrected chi connectivity index (χ1v) is 8.13. The van der Waals surface area contributed by atoms with E-state index in [1.165, 1.54) is 5.56 Å². The van der Waals surface area contributed by atoms with E-state index in [0.29, 0.717) is 25.4 Å². The minimum atomic E-state index is -0.383. The molecule has 2 amide bonds. The lowest BCUT2D eigenvalue weighted by atomic mass is 10.1. The lowest BCUT2D eigenvalue weighted by Gasteiger charge is -2.39. The van der Waals surface area contributed by atoms with Gasteiger partial charge in [0.15, 0.2) is 0 Å². The highest BCUT2D eigenvalue weighted by Crippen LogP contribution is 2.22. The Kier molecular flexibility index (Phi) is 5.22. The molecule has 1 heterocycles. The van der Waals surface area contributed by atoms with E-state index in [1.807, 2.05) is 32.9 Å². The van der Waals surface area contributed by atoms with Gasteiger partial charge in [0.05, 0.1) is 0 Å². The van der Waals surface area contributed by atoms with Crippen LogP contribution in [0, 0.1) is 5.92 Å². The number of hydrogen-bond acceptors (Lipinski definition) is 2. The van der Waals surface area contributed by atoms with Crippen molar-refractivity contribution in [3.05, 3.63) is 29.8 Å². The number of aryl methyl sites for hydroxylation is 1. The van der Waals surface area contributed by atoms with E-state index >= 15 is 0 Å². The van der Waals surface area contributed by atoms with Gasteiger partial charge in [0, 0.05) is 25.2 Å². The van der Waals surface area contributed by atoms with Crippen LogP contribution in [0.5, 0.6) is 0 Å². The second-order valence-corrected chi connectivity index (χ2v) is 6.37. The first-order chi connectivity index (χ1) is 10.4. The van der Waals surface area contributed by atoms with E-state index < -0.39 is 0 Å². The Morgan fingerprint density at radius 3 is 2.41 bits per heavy atom. The number of rotatable bonds is 4. The molecule has 0 aromatic heterocycles. The maximum atomic E-state index is 12.6. The molecule has 1 aromatic carbocycles. The van der Waals surface area contributed by atoms with Crippen molar-refractivity contribution in [3.8, 4) is 0 Å². The zero-order valence-corrected chi connectivity index (χ0v) is 14.0. The molecule has 1 aromatic rings. The Morgan fingerprint density at radius 2 is 1.86 bits per heavy atom.